The molecule has 1 N–H and O–H groups in total. The van der Waals surface area contributed by atoms with E-state index in [1.807, 2.05) is 87.5 Å². The van der Waals surface area contributed by atoms with Crippen molar-refractivity contribution in [3.63, 3.8) is 0 Å². The molecule has 0 bridgehead atoms. The lowest BCUT2D eigenvalue weighted by Gasteiger charge is -2.37. The number of carbonyl (C=O) groups is 3. The van der Waals surface area contributed by atoms with E-state index in [0.717, 1.165) is 22.5 Å². The Morgan fingerprint density at radius 2 is 1.62 bits per heavy atom. The van der Waals surface area contributed by atoms with Crippen LogP contribution in [0, 0.1) is 25.7 Å². The number of anilines is 2. The van der Waals surface area contributed by atoms with Gasteiger partial charge in [-0.1, -0.05) is 54.6 Å². The molecule has 8 heteroatoms. The first-order valence-corrected chi connectivity index (χ1v) is 14.3. The average Bonchev–Trinajstić information content (AvgIpc) is 3.17. The second-order valence-electron chi connectivity index (χ2n) is 11.1. The molecule has 4 aliphatic rings. The fourth-order valence-corrected chi connectivity index (χ4v) is 9.09. The van der Waals surface area contributed by atoms with Crippen molar-refractivity contribution < 1.29 is 19.5 Å². The van der Waals surface area contributed by atoms with Gasteiger partial charge in [0.1, 0.15) is 6.04 Å². The number of aryl methyl sites for hydroxylation is 2. The fourth-order valence-electron chi connectivity index (χ4n) is 6.94. The van der Waals surface area contributed by atoms with Crippen LogP contribution < -0.4 is 9.80 Å². The van der Waals surface area contributed by atoms with E-state index in [0.29, 0.717) is 13.1 Å². The average molecular weight is 544 g/mol. The Hall–Kier alpha value is -3.36. The molecule has 0 aromatic heterocycles. The van der Waals surface area contributed by atoms with Gasteiger partial charge in [-0.05, 0) is 50.1 Å². The molecule has 39 heavy (non-hydrogen) atoms. The summed E-state index contributed by atoms with van der Waals surface area (Å²) >= 11 is 1.56. The van der Waals surface area contributed by atoms with Crippen LogP contribution >= 0.6 is 11.8 Å². The smallest absolute Gasteiger partial charge is 0.251 e. The third-order valence-corrected chi connectivity index (χ3v) is 10.4. The first kappa shape index (κ1) is 25.9. The van der Waals surface area contributed by atoms with Crippen LogP contribution in [-0.2, 0) is 14.4 Å². The fraction of sp³-hybridized carbons (Fsp3) is 0.387. The number of rotatable bonds is 4. The molecule has 2 fully saturated rings. The number of amides is 3. The molecular weight excluding hydrogens is 510 g/mol. The first-order chi connectivity index (χ1) is 18.7. The van der Waals surface area contributed by atoms with E-state index in [9.17, 15) is 19.5 Å². The molecule has 1 unspecified atom stereocenters. The molecule has 2 aromatic carbocycles. The van der Waals surface area contributed by atoms with Gasteiger partial charge >= 0.3 is 0 Å². The van der Waals surface area contributed by atoms with Gasteiger partial charge in [-0.2, -0.15) is 0 Å². The highest BCUT2D eigenvalue weighted by atomic mass is 32.2. The SMILES string of the molecule is Cc1ccc(C)c(N2CC=C[C@]34S[C@]5(C)C=CCN(c6ccccc6)C(=O)[C@@H]5[C@H]3C(=O)N(CCO)C4C2=O)c1. The summed E-state index contributed by atoms with van der Waals surface area (Å²) in [6, 6.07) is 14.7. The van der Waals surface area contributed by atoms with E-state index in [4.69, 9.17) is 0 Å². The van der Waals surface area contributed by atoms with Crippen LogP contribution in [0.15, 0.2) is 72.8 Å². The monoisotopic (exact) mass is 543 g/mol. The van der Waals surface area contributed by atoms with Crippen LogP contribution in [0.25, 0.3) is 0 Å². The van der Waals surface area contributed by atoms with Gasteiger partial charge in [-0.3, -0.25) is 14.4 Å². The molecule has 7 nitrogen and oxygen atoms in total. The molecule has 3 amide bonds. The Kier molecular flexibility index (Phi) is 6.23. The summed E-state index contributed by atoms with van der Waals surface area (Å²) in [4.78, 5) is 48.1. The number of fused-ring (bicyclic) bond motifs is 2. The molecule has 0 aliphatic carbocycles. The van der Waals surface area contributed by atoms with Gasteiger partial charge in [0.15, 0.2) is 0 Å². The summed E-state index contributed by atoms with van der Waals surface area (Å²) in [5, 5.41) is 9.96. The third kappa shape index (κ3) is 3.79. The van der Waals surface area contributed by atoms with Crippen molar-refractivity contribution in [1.29, 1.82) is 0 Å². The zero-order valence-corrected chi connectivity index (χ0v) is 23.2. The molecule has 1 spiro atoms. The van der Waals surface area contributed by atoms with Gasteiger partial charge in [-0.25, -0.2) is 0 Å². The molecule has 202 valence electrons. The number of nitrogens with zero attached hydrogens (tertiary/aromatic N) is 3. The van der Waals surface area contributed by atoms with Crippen molar-refractivity contribution in [2.45, 2.75) is 36.3 Å². The van der Waals surface area contributed by atoms with Crippen molar-refractivity contribution in [2.24, 2.45) is 11.8 Å². The second-order valence-corrected chi connectivity index (χ2v) is 12.9. The number of hydrogen-bond donors (Lipinski definition) is 1. The Bertz CT molecular complexity index is 1410. The van der Waals surface area contributed by atoms with Crippen LogP contribution in [0.5, 0.6) is 0 Å². The quantitative estimate of drug-likeness (QED) is 0.598. The van der Waals surface area contributed by atoms with E-state index in [1.165, 1.54) is 4.90 Å². The lowest BCUT2D eigenvalue weighted by atomic mass is 9.74. The number of aliphatic hydroxyl groups is 1. The number of aliphatic hydroxyl groups excluding tert-OH is 1. The minimum atomic E-state index is -0.936. The van der Waals surface area contributed by atoms with Gasteiger partial charge in [0.2, 0.25) is 11.8 Å². The van der Waals surface area contributed by atoms with Gasteiger partial charge in [0.05, 0.1) is 23.2 Å². The Labute approximate surface area is 233 Å². The van der Waals surface area contributed by atoms with E-state index >= 15 is 0 Å². The maximum atomic E-state index is 14.5. The molecule has 5 atom stereocenters. The van der Waals surface area contributed by atoms with Gasteiger partial charge in [0.25, 0.3) is 5.91 Å². The lowest BCUT2D eigenvalue weighted by Crippen LogP contribution is -2.54. The van der Waals surface area contributed by atoms with Crippen molar-refractivity contribution in [2.75, 3.05) is 36.0 Å². The number of thioether (sulfide) groups is 1. The minimum Gasteiger partial charge on any atom is -0.395 e. The third-order valence-electron chi connectivity index (χ3n) is 8.62. The number of para-hydroxylation sites is 1. The normalized spacial score (nSPS) is 31.7. The molecule has 0 saturated carbocycles. The molecule has 0 radical (unpaired) electrons. The largest absolute Gasteiger partial charge is 0.395 e. The highest BCUT2D eigenvalue weighted by Gasteiger charge is 2.74. The van der Waals surface area contributed by atoms with Gasteiger partial charge < -0.3 is 19.8 Å². The summed E-state index contributed by atoms with van der Waals surface area (Å²) in [7, 11) is 0. The lowest BCUT2D eigenvalue weighted by molar-refractivity contribution is -0.139. The summed E-state index contributed by atoms with van der Waals surface area (Å²) in [5.74, 6) is -1.93. The maximum Gasteiger partial charge on any atom is 0.251 e. The zero-order chi connectivity index (χ0) is 27.5. The minimum absolute atomic E-state index is 0.0401. The molecule has 6 rings (SSSR count). The number of hydrogen-bond acceptors (Lipinski definition) is 5. The van der Waals surface area contributed by atoms with Crippen LogP contribution in [0.3, 0.4) is 0 Å². The molecular formula is C31H33N3O4S. The number of likely N-dealkylation sites (tertiary alicyclic amines) is 1. The van der Waals surface area contributed by atoms with Crippen molar-refractivity contribution in [1.82, 2.24) is 4.90 Å². The number of benzene rings is 2. The summed E-state index contributed by atoms with van der Waals surface area (Å²) in [6.07, 6.45) is 8.06. The predicted molar refractivity (Wildman–Crippen MR) is 154 cm³/mol. The number of carbonyl (C=O) groups excluding carboxylic acids is 3. The van der Waals surface area contributed by atoms with Crippen molar-refractivity contribution in [3.05, 3.63) is 84.0 Å². The van der Waals surface area contributed by atoms with E-state index < -0.39 is 27.4 Å². The highest BCUT2D eigenvalue weighted by Crippen LogP contribution is 2.65. The van der Waals surface area contributed by atoms with Crippen molar-refractivity contribution in [3.8, 4) is 0 Å². The van der Waals surface area contributed by atoms with Crippen LogP contribution in [0.1, 0.15) is 18.1 Å². The highest BCUT2D eigenvalue weighted by molar-refractivity contribution is 8.02. The standard InChI is InChI=1S/C31H33N3O4S/c1-20-11-12-21(2)23(19-20)33-16-8-14-31-25(28(37)34(17-18-35)26(31)29(33)38)24-27(36)32(22-9-5-4-6-10-22)15-7-13-30(24,3)39-31/h4-14,19,24-26,35H,15-18H2,1-3H3/t24-,25-,26?,30+,31-/m0/s1. The Morgan fingerprint density at radius 1 is 0.897 bits per heavy atom. The second kappa shape index (κ2) is 9.38. The Balaban J connectivity index is 1.48. The van der Waals surface area contributed by atoms with E-state index in [-0.39, 0.29) is 30.9 Å². The summed E-state index contributed by atoms with van der Waals surface area (Å²) < 4.78 is -1.61. The topological polar surface area (TPSA) is 81.2 Å². The maximum absolute atomic E-state index is 14.5. The predicted octanol–water partition coefficient (Wildman–Crippen LogP) is 3.49. The zero-order valence-electron chi connectivity index (χ0n) is 22.4. The van der Waals surface area contributed by atoms with Crippen LogP contribution in [-0.4, -0.2) is 69.5 Å². The van der Waals surface area contributed by atoms with Gasteiger partial charge in [0, 0.05) is 35.8 Å². The first-order valence-electron chi connectivity index (χ1n) is 13.4. The Morgan fingerprint density at radius 3 is 2.36 bits per heavy atom. The molecule has 4 heterocycles. The summed E-state index contributed by atoms with van der Waals surface area (Å²) in [6.45, 7) is 6.56. The van der Waals surface area contributed by atoms with Crippen molar-refractivity contribution >= 4 is 40.9 Å². The molecule has 2 aromatic rings. The van der Waals surface area contributed by atoms with Gasteiger partial charge in [-0.15, -0.1) is 11.8 Å². The van der Waals surface area contributed by atoms with Crippen LogP contribution in [0.2, 0.25) is 0 Å². The van der Waals surface area contributed by atoms with Crippen LogP contribution in [0.4, 0.5) is 11.4 Å². The van der Waals surface area contributed by atoms with E-state index in [1.54, 1.807) is 21.6 Å². The molecule has 2 saturated heterocycles. The number of β-amino-alcohol motifs (C(OH)–C–C–N with tert-alkyl or cyclic N) is 1. The summed E-state index contributed by atoms with van der Waals surface area (Å²) in [5.41, 5.74) is 3.61. The molecule has 4 aliphatic heterocycles. The van der Waals surface area contributed by atoms with E-state index in [2.05, 4.69) is 6.08 Å².